The lowest BCUT2D eigenvalue weighted by Crippen LogP contribution is -2.35. The molecule has 110 valence electrons. The standard InChI is InChI=1S/C11H19BrN2O3S2/c1-4-17-7-8(2)14-19(15,16)10-5-9(6-13-3)18-11(10)12/h5,8,13-14H,4,6-7H2,1-3H3. The van der Waals surface area contributed by atoms with Crippen molar-refractivity contribution in [2.45, 2.75) is 31.3 Å². The smallest absolute Gasteiger partial charge is 0.242 e. The SMILES string of the molecule is CCOCC(C)NS(=O)(=O)c1cc(CNC)sc1Br. The average Bonchev–Trinajstić information content (AvgIpc) is 2.68. The largest absolute Gasteiger partial charge is 0.380 e. The lowest BCUT2D eigenvalue weighted by atomic mass is 10.4. The molecule has 0 aliphatic heterocycles. The van der Waals surface area contributed by atoms with E-state index in [2.05, 4.69) is 26.0 Å². The molecule has 5 nitrogen and oxygen atoms in total. The molecule has 1 rings (SSSR count). The van der Waals surface area contributed by atoms with Gasteiger partial charge in [-0.05, 0) is 42.9 Å². The minimum absolute atomic E-state index is 0.260. The van der Waals surface area contributed by atoms with Crippen LogP contribution >= 0.6 is 27.3 Å². The molecule has 0 spiro atoms. The maximum Gasteiger partial charge on any atom is 0.242 e. The van der Waals surface area contributed by atoms with E-state index < -0.39 is 10.0 Å². The van der Waals surface area contributed by atoms with Gasteiger partial charge in [0.15, 0.2) is 0 Å². The zero-order valence-electron chi connectivity index (χ0n) is 11.2. The van der Waals surface area contributed by atoms with Crippen molar-refractivity contribution in [2.75, 3.05) is 20.3 Å². The van der Waals surface area contributed by atoms with Crippen LogP contribution in [-0.2, 0) is 21.3 Å². The van der Waals surface area contributed by atoms with E-state index in [9.17, 15) is 8.42 Å². The summed E-state index contributed by atoms with van der Waals surface area (Å²) in [6.45, 7) is 5.23. The summed E-state index contributed by atoms with van der Waals surface area (Å²) in [5, 5.41) is 3.00. The molecule has 0 amide bonds. The minimum Gasteiger partial charge on any atom is -0.380 e. The lowest BCUT2D eigenvalue weighted by Gasteiger charge is -2.13. The second-order valence-electron chi connectivity index (χ2n) is 4.06. The maximum absolute atomic E-state index is 12.2. The second-order valence-corrected chi connectivity index (χ2v) is 8.20. The summed E-state index contributed by atoms with van der Waals surface area (Å²) in [4.78, 5) is 1.25. The average molecular weight is 371 g/mol. The van der Waals surface area contributed by atoms with E-state index in [1.54, 1.807) is 13.0 Å². The molecule has 8 heteroatoms. The molecule has 0 aromatic carbocycles. The summed E-state index contributed by atoms with van der Waals surface area (Å²) in [7, 11) is -1.69. The Morgan fingerprint density at radius 3 is 2.79 bits per heavy atom. The molecule has 1 heterocycles. The molecule has 0 aliphatic carbocycles. The number of rotatable bonds is 8. The Morgan fingerprint density at radius 2 is 2.21 bits per heavy atom. The van der Waals surface area contributed by atoms with Crippen LogP contribution in [0.4, 0.5) is 0 Å². The van der Waals surface area contributed by atoms with Gasteiger partial charge in [-0.25, -0.2) is 13.1 Å². The van der Waals surface area contributed by atoms with Crippen LogP contribution in [0.25, 0.3) is 0 Å². The van der Waals surface area contributed by atoms with Crippen LogP contribution in [0.2, 0.25) is 0 Å². The monoisotopic (exact) mass is 370 g/mol. The molecule has 0 saturated carbocycles. The van der Waals surface area contributed by atoms with Crippen molar-refractivity contribution in [3.05, 3.63) is 14.7 Å². The van der Waals surface area contributed by atoms with Crippen LogP contribution < -0.4 is 10.0 Å². The first-order valence-corrected chi connectivity index (χ1v) is 9.02. The van der Waals surface area contributed by atoms with Gasteiger partial charge in [-0.1, -0.05) is 0 Å². The first-order chi connectivity index (χ1) is 8.90. The third kappa shape index (κ3) is 5.13. The number of nitrogens with one attached hydrogen (secondary N) is 2. The topological polar surface area (TPSA) is 67.4 Å². The van der Waals surface area contributed by atoms with Crippen LogP contribution in [0.3, 0.4) is 0 Å². The first kappa shape index (κ1) is 17.1. The third-order valence-electron chi connectivity index (χ3n) is 2.28. The summed E-state index contributed by atoms with van der Waals surface area (Å²) in [6, 6.07) is 1.42. The summed E-state index contributed by atoms with van der Waals surface area (Å²) in [6.07, 6.45) is 0. The van der Waals surface area contributed by atoms with Crippen molar-refractivity contribution in [2.24, 2.45) is 0 Å². The number of thiophene rings is 1. The third-order valence-corrected chi connectivity index (χ3v) is 6.12. The van der Waals surface area contributed by atoms with E-state index in [0.29, 0.717) is 23.5 Å². The number of halogens is 1. The van der Waals surface area contributed by atoms with Crippen LogP contribution in [-0.4, -0.2) is 34.7 Å². The molecule has 1 aromatic heterocycles. The Hall–Kier alpha value is 0.01000. The molecule has 19 heavy (non-hydrogen) atoms. The molecule has 1 aromatic rings. The minimum atomic E-state index is -3.51. The van der Waals surface area contributed by atoms with Gasteiger partial charge in [-0.3, -0.25) is 0 Å². The highest BCUT2D eigenvalue weighted by molar-refractivity contribution is 9.11. The fraction of sp³-hybridized carbons (Fsp3) is 0.636. The van der Waals surface area contributed by atoms with Gasteiger partial charge in [0.1, 0.15) is 4.90 Å². The molecule has 2 N–H and O–H groups in total. The zero-order chi connectivity index (χ0) is 14.5. The van der Waals surface area contributed by atoms with Gasteiger partial charge in [0.25, 0.3) is 0 Å². The number of hydrogen-bond acceptors (Lipinski definition) is 5. The summed E-state index contributed by atoms with van der Waals surface area (Å²) >= 11 is 4.72. The second kappa shape index (κ2) is 7.70. The normalized spacial score (nSPS) is 13.7. The van der Waals surface area contributed by atoms with E-state index in [-0.39, 0.29) is 10.9 Å². The van der Waals surface area contributed by atoms with Gasteiger partial charge < -0.3 is 10.1 Å². The summed E-state index contributed by atoms with van der Waals surface area (Å²) in [5.74, 6) is 0. The van der Waals surface area contributed by atoms with E-state index in [1.807, 2.05) is 14.0 Å². The maximum atomic E-state index is 12.2. The van der Waals surface area contributed by atoms with Crippen LogP contribution in [0.15, 0.2) is 14.7 Å². The number of hydrogen-bond donors (Lipinski definition) is 2. The number of ether oxygens (including phenoxy) is 1. The van der Waals surface area contributed by atoms with E-state index in [4.69, 9.17) is 4.74 Å². The highest BCUT2D eigenvalue weighted by Crippen LogP contribution is 2.31. The predicted octanol–water partition coefficient (Wildman–Crippen LogP) is 1.93. The fourth-order valence-electron chi connectivity index (χ4n) is 1.50. The van der Waals surface area contributed by atoms with Crippen LogP contribution in [0.5, 0.6) is 0 Å². The molecule has 0 radical (unpaired) electrons. The van der Waals surface area contributed by atoms with Crippen molar-refractivity contribution < 1.29 is 13.2 Å². The van der Waals surface area contributed by atoms with E-state index >= 15 is 0 Å². The molecule has 0 bridgehead atoms. The van der Waals surface area contributed by atoms with Crippen molar-refractivity contribution >= 4 is 37.3 Å². The molecular formula is C11H19BrN2O3S2. The van der Waals surface area contributed by atoms with Gasteiger partial charge in [-0.15, -0.1) is 11.3 Å². The molecule has 0 fully saturated rings. The van der Waals surface area contributed by atoms with Gasteiger partial charge in [0.05, 0.1) is 10.4 Å². The Labute approximate surface area is 126 Å². The van der Waals surface area contributed by atoms with Crippen molar-refractivity contribution in [3.63, 3.8) is 0 Å². The molecule has 0 aliphatic rings. The van der Waals surface area contributed by atoms with Gasteiger partial charge >= 0.3 is 0 Å². The fourth-order valence-corrected chi connectivity index (χ4v) is 5.42. The van der Waals surface area contributed by atoms with Gasteiger partial charge in [-0.2, -0.15) is 0 Å². The van der Waals surface area contributed by atoms with Gasteiger partial charge in [0.2, 0.25) is 10.0 Å². The van der Waals surface area contributed by atoms with E-state index in [0.717, 1.165) is 4.88 Å². The zero-order valence-corrected chi connectivity index (χ0v) is 14.4. The lowest BCUT2D eigenvalue weighted by molar-refractivity contribution is 0.133. The summed E-state index contributed by atoms with van der Waals surface area (Å²) < 4.78 is 32.9. The highest BCUT2D eigenvalue weighted by atomic mass is 79.9. The van der Waals surface area contributed by atoms with Crippen molar-refractivity contribution in [3.8, 4) is 0 Å². The highest BCUT2D eigenvalue weighted by Gasteiger charge is 2.22. The quantitative estimate of drug-likeness (QED) is 0.733. The van der Waals surface area contributed by atoms with Crippen molar-refractivity contribution in [1.29, 1.82) is 0 Å². The molecule has 1 atom stereocenters. The Bertz CT molecular complexity index is 502. The van der Waals surface area contributed by atoms with Gasteiger partial charge in [0, 0.05) is 24.1 Å². The van der Waals surface area contributed by atoms with Crippen molar-refractivity contribution in [1.82, 2.24) is 10.0 Å². The predicted molar refractivity (Wildman–Crippen MR) is 81.1 cm³/mol. The molecule has 1 unspecified atom stereocenters. The van der Waals surface area contributed by atoms with Crippen LogP contribution in [0.1, 0.15) is 18.7 Å². The first-order valence-electron chi connectivity index (χ1n) is 5.93. The Kier molecular flexibility index (Phi) is 6.92. The molecular weight excluding hydrogens is 352 g/mol. The Balaban J connectivity index is 2.82. The summed E-state index contributed by atoms with van der Waals surface area (Å²) in [5.41, 5.74) is 0. The number of sulfonamides is 1. The Morgan fingerprint density at radius 1 is 1.53 bits per heavy atom. The molecule has 0 saturated heterocycles. The van der Waals surface area contributed by atoms with E-state index in [1.165, 1.54) is 11.3 Å². The van der Waals surface area contributed by atoms with Crippen LogP contribution in [0, 0.1) is 0 Å².